The molecule has 4 nitrogen and oxygen atoms in total. The summed E-state index contributed by atoms with van der Waals surface area (Å²) in [6.45, 7) is 6.39. The van der Waals surface area contributed by atoms with E-state index in [2.05, 4.69) is 13.0 Å². The number of nitrogens with zero attached hydrogens (tertiary/aromatic N) is 1. The van der Waals surface area contributed by atoms with Crippen LogP contribution in [0.2, 0.25) is 0 Å². The lowest BCUT2D eigenvalue weighted by molar-refractivity contribution is -0.142. The van der Waals surface area contributed by atoms with E-state index >= 15 is 0 Å². The molecule has 1 unspecified atom stereocenters. The maximum absolute atomic E-state index is 12.4. The Labute approximate surface area is 126 Å². The second-order valence-corrected chi connectivity index (χ2v) is 5.05. The van der Waals surface area contributed by atoms with Crippen molar-refractivity contribution in [1.82, 2.24) is 4.90 Å². The third-order valence-corrected chi connectivity index (χ3v) is 3.43. The van der Waals surface area contributed by atoms with E-state index in [9.17, 15) is 4.79 Å². The van der Waals surface area contributed by atoms with E-state index in [0.717, 1.165) is 17.7 Å². The van der Waals surface area contributed by atoms with Crippen molar-refractivity contribution in [2.45, 2.75) is 26.4 Å². The van der Waals surface area contributed by atoms with Gasteiger partial charge < -0.3 is 14.4 Å². The van der Waals surface area contributed by atoms with Gasteiger partial charge in [-0.05, 0) is 19.4 Å². The molecular formula is C17H23NO3. The summed E-state index contributed by atoms with van der Waals surface area (Å²) >= 11 is 0. The molecule has 1 saturated heterocycles. The Morgan fingerprint density at radius 3 is 2.81 bits per heavy atom. The second-order valence-electron chi connectivity index (χ2n) is 5.05. The number of allylic oxidation sites excluding steroid dienone is 1. The van der Waals surface area contributed by atoms with Crippen LogP contribution >= 0.6 is 0 Å². The van der Waals surface area contributed by atoms with Gasteiger partial charge in [-0.15, -0.1) is 0 Å². The average molecular weight is 289 g/mol. The largest absolute Gasteiger partial charge is 0.480 e. The van der Waals surface area contributed by atoms with Gasteiger partial charge in [0, 0.05) is 18.7 Å². The molecule has 1 atom stereocenters. The molecule has 2 rings (SSSR count). The number of carbonyl (C=O) groups is 1. The number of hydrogen-bond donors (Lipinski definition) is 0. The van der Waals surface area contributed by atoms with Crippen LogP contribution in [0, 0.1) is 0 Å². The van der Waals surface area contributed by atoms with Crippen LogP contribution in [-0.2, 0) is 9.53 Å². The number of rotatable bonds is 5. The van der Waals surface area contributed by atoms with Crippen molar-refractivity contribution in [3.05, 3.63) is 35.9 Å². The Balaban J connectivity index is 2.03. The lowest BCUT2D eigenvalue weighted by Crippen LogP contribution is -2.46. The van der Waals surface area contributed by atoms with E-state index in [1.807, 2.05) is 30.3 Å². The van der Waals surface area contributed by atoms with Crippen LogP contribution in [-0.4, -0.2) is 43.2 Å². The standard InChI is InChI=1S/C17H23NO3/c1-3-4-7-15-8-5-6-9-16(15)21-14(2)17(19)18-10-12-20-13-11-18/h4-9,14H,3,10-13H2,1-2H3/b7-4+. The molecule has 0 N–H and O–H groups in total. The number of hydrogen-bond acceptors (Lipinski definition) is 3. The summed E-state index contributed by atoms with van der Waals surface area (Å²) in [5.41, 5.74) is 1.00. The van der Waals surface area contributed by atoms with Crippen LogP contribution in [0.15, 0.2) is 30.3 Å². The average Bonchev–Trinajstić information content (AvgIpc) is 2.54. The summed E-state index contributed by atoms with van der Waals surface area (Å²) in [6, 6.07) is 7.78. The van der Waals surface area contributed by atoms with Gasteiger partial charge in [-0.2, -0.15) is 0 Å². The minimum absolute atomic E-state index is 0.0209. The van der Waals surface area contributed by atoms with Crippen LogP contribution < -0.4 is 4.74 Å². The number of morpholine rings is 1. The summed E-state index contributed by atoms with van der Waals surface area (Å²) in [6.07, 6.45) is 4.59. The molecule has 0 bridgehead atoms. The van der Waals surface area contributed by atoms with E-state index in [4.69, 9.17) is 9.47 Å². The van der Waals surface area contributed by atoms with Gasteiger partial charge >= 0.3 is 0 Å². The highest BCUT2D eigenvalue weighted by molar-refractivity contribution is 5.81. The quantitative estimate of drug-likeness (QED) is 0.836. The third kappa shape index (κ3) is 4.33. The molecule has 0 radical (unpaired) electrons. The van der Waals surface area contributed by atoms with Crippen molar-refractivity contribution >= 4 is 12.0 Å². The summed E-state index contributed by atoms with van der Waals surface area (Å²) in [7, 11) is 0. The number of ether oxygens (including phenoxy) is 2. The molecule has 1 fully saturated rings. The van der Waals surface area contributed by atoms with Crippen molar-refractivity contribution in [1.29, 1.82) is 0 Å². The molecule has 1 aliphatic heterocycles. The topological polar surface area (TPSA) is 38.8 Å². The number of amides is 1. The summed E-state index contributed by atoms with van der Waals surface area (Å²) in [5.74, 6) is 0.767. The zero-order chi connectivity index (χ0) is 15.1. The molecule has 1 aromatic rings. The minimum Gasteiger partial charge on any atom is -0.480 e. The van der Waals surface area contributed by atoms with Gasteiger partial charge in [-0.3, -0.25) is 4.79 Å². The molecule has 1 aromatic carbocycles. The normalized spacial score (nSPS) is 17.0. The predicted octanol–water partition coefficient (Wildman–Crippen LogP) is 2.74. The lowest BCUT2D eigenvalue weighted by Gasteiger charge is -2.29. The first-order chi connectivity index (χ1) is 10.2. The minimum atomic E-state index is -0.487. The van der Waals surface area contributed by atoms with Crippen molar-refractivity contribution in [2.75, 3.05) is 26.3 Å². The van der Waals surface area contributed by atoms with Crippen LogP contribution in [0.4, 0.5) is 0 Å². The Morgan fingerprint density at radius 2 is 2.10 bits per heavy atom. The van der Waals surface area contributed by atoms with E-state index in [1.165, 1.54) is 0 Å². The Kier molecular flexibility index (Phi) is 5.81. The molecule has 114 valence electrons. The van der Waals surface area contributed by atoms with Gasteiger partial charge in [-0.1, -0.05) is 37.3 Å². The first-order valence-electron chi connectivity index (χ1n) is 7.51. The SMILES string of the molecule is CC/C=C/c1ccccc1OC(C)C(=O)N1CCOCC1. The van der Waals surface area contributed by atoms with Crippen LogP contribution in [0.5, 0.6) is 5.75 Å². The second kappa shape index (κ2) is 7.84. The van der Waals surface area contributed by atoms with Crippen molar-refractivity contribution < 1.29 is 14.3 Å². The fourth-order valence-corrected chi connectivity index (χ4v) is 2.25. The predicted molar refractivity (Wildman–Crippen MR) is 83.3 cm³/mol. The number of para-hydroxylation sites is 1. The molecule has 0 saturated carbocycles. The van der Waals surface area contributed by atoms with Gasteiger partial charge in [0.05, 0.1) is 13.2 Å². The highest BCUT2D eigenvalue weighted by Gasteiger charge is 2.24. The molecule has 21 heavy (non-hydrogen) atoms. The molecule has 4 heteroatoms. The maximum atomic E-state index is 12.4. The molecule has 0 spiro atoms. The highest BCUT2D eigenvalue weighted by Crippen LogP contribution is 2.21. The molecule has 1 heterocycles. The van der Waals surface area contributed by atoms with Gasteiger partial charge in [0.2, 0.25) is 0 Å². The molecular weight excluding hydrogens is 266 g/mol. The Bertz CT molecular complexity index is 493. The number of carbonyl (C=O) groups excluding carboxylic acids is 1. The number of benzene rings is 1. The Morgan fingerprint density at radius 1 is 1.38 bits per heavy atom. The fourth-order valence-electron chi connectivity index (χ4n) is 2.25. The molecule has 0 aliphatic carbocycles. The molecule has 1 aliphatic rings. The third-order valence-electron chi connectivity index (χ3n) is 3.43. The summed E-state index contributed by atoms with van der Waals surface area (Å²) in [5, 5.41) is 0. The zero-order valence-electron chi connectivity index (χ0n) is 12.7. The van der Waals surface area contributed by atoms with Crippen LogP contribution in [0.25, 0.3) is 6.08 Å². The summed E-state index contributed by atoms with van der Waals surface area (Å²) < 4.78 is 11.1. The van der Waals surface area contributed by atoms with Crippen LogP contribution in [0.3, 0.4) is 0 Å². The maximum Gasteiger partial charge on any atom is 0.263 e. The summed E-state index contributed by atoms with van der Waals surface area (Å²) in [4.78, 5) is 14.2. The van der Waals surface area contributed by atoms with Crippen LogP contribution in [0.1, 0.15) is 25.8 Å². The molecule has 1 amide bonds. The van der Waals surface area contributed by atoms with E-state index < -0.39 is 6.10 Å². The smallest absolute Gasteiger partial charge is 0.263 e. The van der Waals surface area contributed by atoms with Crippen molar-refractivity contribution in [3.8, 4) is 5.75 Å². The van der Waals surface area contributed by atoms with E-state index in [0.29, 0.717) is 26.3 Å². The van der Waals surface area contributed by atoms with Crippen molar-refractivity contribution in [3.63, 3.8) is 0 Å². The zero-order valence-corrected chi connectivity index (χ0v) is 12.7. The highest BCUT2D eigenvalue weighted by atomic mass is 16.5. The van der Waals surface area contributed by atoms with E-state index in [-0.39, 0.29) is 5.91 Å². The first kappa shape index (κ1) is 15.6. The first-order valence-corrected chi connectivity index (χ1v) is 7.51. The van der Waals surface area contributed by atoms with E-state index in [1.54, 1.807) is 11.8 Å². The molecule has 0 aromatic heterocycles. The Hall–Kier alpha value is -1.81. The lowest BCUT2D eigenvalue weighted by atomic mass is 10.1. The van der Waals surface area contributed by atoms with Gasteiger partial charge in [0.15, 0.2) is 6.10 Å². The van der Waals surface area contributed by atoms with Gasteiger partial charge in [0.25, 0.3) is 5.91 Å². The van der Waals surface area contributed by atoms with Gasteiger partial charge in [0.1, 0.15) is 5.75 Å². The van der Waals surface area contributed by atoms with Crippen molar-refractivity contribution in [2.24, 2.45) is 0 Å². The van der Waals surface area contributed by atoms with Gasteiger partial charge in [-0.25, -0.2) is 0 Å². The fraction of sp³-hybridized carbons (Fsp3) is 0.471. The monoisotopic (exact) mass is 289 g/mol.